The van der Waals surface area contributed by atoms with Crippen LogP contribution in [0, 0.1) is 0 Å². The van der Waals surface area contributed by atoms with Crippen molar-refractivity contribution in [3.05, 3.63) is 64.7 Å². The number of nitrogens with one attached hydrogen (secondary N) is 1. The molecule has 1 N–H and O–H groups in total. The minimum Gasteiger partial charge on any atom is -0.489 e. The van der Waals surface area contributed by atoms with Crippen molar-refractivity contribution in [3.8, 4) is 5.75 Å². The number of hydrogen-bond donors (Lipinski definition) is 1. The van der Waals surface area contributed by atoms with Gasteiger partial charge in [0.15, 0.2) is 0 Å². The standard InChI is InChI=1S/C18H22ClNO/c1-18(2,3)20-12-14-4-6-15(7-5-14)13-21-17-10-8-16(19)9-11-17/h4-11,20H,12-13H2,1-3H3. The molecule has 112 valence electrons. The van der Waals surface area contributed by atoms with Gasteiger partial charge in [-0.2, -0.15) is 0 Å². The maximum absolute atomic E-state index is 5.85. The van der Waals surface area contributed by atoms with Gasteiger partial charge in [0, 0.05) is 17.1 Å². The molecule has 0 saturated heterocycles. The van der Waals surface area contributed by atoms with Crippen LogP contribution >= 0.6 is 11.6 Å². The number of benzene rings is 2. The minimum atomic E-state index is 0.135. The summed E-state index contributed by atoms with van der Waals surface area (Å²) in [6, 6.07) is 15.9. The van der Waals surface area contributed by atoms with Gasteiger partial charge < -0.3 is 10.1 Å². The van der Waals surface area contributed by atoms with Crippen LogP contribution in [0.4, 0.5) is 0 Å². The van der Waals surface area contributed by atoms with Gasteiger partial charge >= 0.3 is 0 Å². The summed E-state index contributed by atoms with van der Waals surface area (Å²) < 4.78 is 5.73. The predicted molar refractivity (Wildman–Crippen MR) is 88.8 cm³/mol. The van der Waals surface area contributed by atoms with Crippen molar-refractivity contribution in [1.82, 2.24) is 5.32 Å². The lowest BCUT2D eigenvalue weighted by Crippen LogP contribution is -2.35. The molecule has 0 spiro atoms. The van der Waals surface area contributed by atoms with E-state index in [4.69, 9.17) is 16.3 Å². The minimum absolute atomic E-state index is 0.135. The SMILES string of the molecule is CC(C)(C)NCc1ccc(COc2ccc(Cl)cc2)cc1. The van der Waals surface area contributed by atoms with E-state index >= 15 is 0 Å². The number of rotatable bonds is 5. The lowest BCUT2D eigenvalue weighted by Gasteiger charge is -2.20. The summed E-state index contributed by atoms with van der Waals surface area (Å²) in [4.78, 5) is 0. The molecule has 0 bridgehead atoms. The van der Waals surface area contributed by atoms with Crippen LogP contribution in [0.2, 0.25) is 5.02 Å². The molecule has 0 amide bonds. The molecule has 2 rings (SSSR count). The van der Waals surface area contributed by atoms with Gasteiger partial charge in [-0.15, -0.1) is 0 Å². The van der Waals surface area contributed by atoms with Gasteiger partial charge in [-0.1, -0.05) is 35.9 Å². The van der Waals surface area contributed by atoms with Gasteiger partial charge in [0.1, 0.15) is 12.4 Å². The molecular weight excluding hydrogens is 282 g/mol. The Morgan fingerprint density at radius 2 is 1.48 bits per heavy atom. The summed E-state index contributed by atoms with van der Waals surface area (Å²) >= 11 is 5.85. The summed E-state index contributed by atoms with van der Waals surface area (Å²) in [5, 5.41) is 4.20. The Labute approximate surface area is 132 Å². The second-order valence-electron chi connectivity index (χ2n) is 6.16. The smallest absolute Gasteiger partial charge is 0.119 e. The monoisotopic (exact) mass is 303 g/mol. The number of ether oxygens (including phenoxy) is 1. The quantitative estimate of drug-likeness (QED) is 0.856. The van der Waals surface area contributed by atoms with Crippen LogP contribution in [0.5, 0.6) is 5.75 Å². The fraction of sp³-hybridized carbons (Fsp3) is 0.333. The molecule has 0 aromatic heterocycles. The van der Waals surface area contributed by atoms with Gasteiger partial charge in [-0.25, -0.2) is 0 Å². The molecule has 2 aromatic carbocycles. The van der Waals surface area contributed by atoms with Crippen LogP contribution in [0.1, 0.15) is 31.9 Å². The maximum atomic E-state index is 5.85. The highest BCUT2D eigenvalue weighted by Crippen LogP contribution is 2.17. The highest BCUT2D eigenvalue weighted by Gasteiger charge is 2.08. The third-order valence-electron chi connectivity index (χ3n) is 3.06. The molecule has 0 unspecified atom stereocenters. The Morgan fingerprint density at radius 1 is 0.905 bits per heavy atom. The molecule has 0 saturated carbocycles. The zero-order valence-electron chi connectivity index (χ0n) is 12.8. The number of hydrogen-bond acceptors (Lipinski definition) is 2. The molecule has 0 fully saturated rings. The van der Waals surface area contributed by atoms with E-state index in [1.807, 2.05) is 24.3 Å². The zero-order chi connectivity index (χ0) is 15.3. The van der Waals surface area contributed by atoms with Crippen LogP contribution in [0.3, 0.4) is 0 Å². The molecule has 0 heterocycles. The first-order valence-corrected chi connectivity index (χ1v) is 7.51. The van der Waals surface area contributed by atoms with Crippen molar-refractivity contribution in [2.24, 2.45) is 0 Å². The van der Waals surface area contributed by atoms with Crippen LogP contribution in [-0.4, -0.2) is 5.54 Å². The molecule has 3 heteroatoms. The van der Waals surface area contributed by atoms with Crippen molar-refractivity contribution < 1.29 is 4.74 Å². The average Bonchev–Trinajstić information content (AvgIpc) is 2.45. The summed E-state index contributed by atoms with van der Waals surface area (Å²) in [6.07, 6.45) is 0. The third kappa shape index (κ3) is 5.78. The van der Waals surface area contributed by atoms with Crippen molar-refractivity contribution in [2.75, 3.05) is 0 Å². The lowest BCUT2D eigenvalue weighted by molar-refractivity contribution is 0.306. The van der Waals surface area contributed by atoms with Crippen LogP contribution in [-0.2, 0) is 13.2 Å². The van der Waals surface area contributed by atoms with E-state index in [1.54, 1.807) is 0 Å². The fourth-order valence-corrected chi connectivity index (χ4v) is 1.94. The normalized spacial score (nSPS) is 11.4. The first kappa shape index (κ1) is 15.9. The van der Waals surface area contributed by atoms with E-state index in [9.17, 15) is 0 Å². The van der Waals surface area contributed by atoms with Gasteiger partial charge in [-0.05, 0) is 56.2 Å². The predicted octanol–water partition coefficient (Wildman–Crippen LogP) is 4.81. The first-order chi connectivity index (χ1) is 9.92. The summed E-state index contributed by atoms with van der Waals surface area (Å²) in [5.74, 6) is 0.831. The van der Waals surface area contributed by atoms with Crippen LogP contribution in [0.25, 0.3) is 0 Å². The van der Waals surface area contributed by atoms with Gasteiger partial charge in [-0.3, -0.25) is 0 Å². The molecule has 0 aliphatic carbocycles. The summed E-state index contributed by atoms with van der Waals surface area (Å²) in [6.45, 7) is 7.94. The van der Waals surface area contributed by atoms with E-state index in [0.717, 1.165) is 22.9 Å². The van der Waals surface area contributed by atoms with Crippen molar-refractivity contribution in [2.45, 2.75) is 39.5 Å². The van der Waals surface area contributed by atoms with E-state index in [2.05, 4.69) is 50.4 Å². The van der Waals surface area contributed by atoms with E-state index in [0.29, 0.717) is 6.61 Å². The summed E-state index contributed by atoms with van der Waals surface area (Å²) in [7, 11) is 0. The van der Waals surface area contributed by atoms with Crippen LogP contribution < -0.4 is 10.1 Å². The fourth-order valence-electron chi connectivity index (χ4n) is 1.82. The Balaban J connectivity index is 1.86. The second-order valence-corrected chi connectivity index (χ2v) is 6.60. The van der Waals surface area contributed by atoms with Gasteiger partial charge in [0.2, 0.25) is 0 Å². The second kappa shape index (κ2) is 6.97. The molecule has 0 aliphatic rings. The van der Waals surface area contributed by atoms with E-state index < -0.39 is 0 Å². The van der Waals surface area contributed by atoms with Crippen molar-refractivity contribution in [1.29, 1.82) is 0 Å². The van der Waals surface area contributed by atoms with Crippen molar-refractivity contribution in [3.63, 3.8) is 0 Å². The van der Waals surface area contributed by atoms with Gasteiger partial charge in [0.05, 0.1) is 0 Å². The van der Waals surface area contributed by atoms with E-state index in [-0.39, 0.29) is 5.54 Å². The molecular formula is C18H22ClNO. The molecule has 0 radical (unpaired) electrons. The molecule has 0 aliphatic heterocycles. The highest BCUT2D eigenvalue weighted by atomic mass is 35.5. The number of halogens is 1. The molecule has 2 nitrogen and oxygen atoms in total. The average molecular weight is 304 g/mol. The van der Waals surface area contributed by atoms with Gasteiger partial charge in [0.25, 0.3) is 0 Å². The Morgan fingerprint density at radius 3 is 2.05 bits per heavy atom. The molecule has 21 heavy (non-hydrogen) atoms. The largest absolute Gasteiger partial charge is 0.489 e. The highest BCUT2D eigenvalue weighted by molar-refractivity contribution is 6.30. The van der Waals surface area contributed by atoms with Crippen LogP contribution in [0.15, 0.2) is 48.5 Å². The van der Waals surface area contributed by atoms with Crippen molar-refractivity contribution >= 4 is 11.6 Å². The Hall–Kier alpha value is -1.51. The molecule has 2 aromatic rings. The Bertz CT molecular complexity index is 555. The maximum Gasteiger partial charge on any atom is 0.119 e. The first-order valence-electron chi connectivity index (χ1n) is 7.14. The topological polar surface area (TPSA) is 21.3 Å². The van der Waals surface area contributed by atoms with E-state index in [1.165, 1.54) is 5.56 Å². The summed E-state index contributed by atoms with van der Waals surface area (Å²) in [5.41, 5.74) is 2.57. The Kier molecular flexibility index (Phi) is 5.27. The zero-order valence-corrected chi connectivity index (χ0v) is 13.6. The third-order valence-corrected chi connectivity index (χ3v) is 3.32. The molecule has 0 atom stereocenters. The lowest BCUT2D eigenvalue weighted by atomic mass is 10.1.